The van der Waals surface area contributed by atoms with Crippen molar-refractivity contribution in [1.29, 1.82) is 0 Å². The maximum Gasteiger partial charge on any atom is 0.416 e. The minimum absolute atomic E-state index is 0.0102. The standard InChI is InChI=1S/C32H32F3N3O4S/c1-4-36-26-16-15-25(32(33,34)35)21-27(26)38(19-18-22(3)43(39,40)41)30(36)12-9-13-31-37(5-2)28-20-24(14-17-29(28)42-31)23-10-7-6-8-11-23/h6-17,20-22H,4-5,18-19H2,1-3H3/p+1. The number of rotatable bonds is 9. The van der Waals surface area contributed by atoms with Gasteiger partial charge in [0, 0.05) is 25.1 Å². The average molecular weight is 613 g/mol. The zero-order chi connectivity index (χ0) is 30.9. The van der Waals surface area contributed by atoms with Crippen LogP contribution in [0.1, 0.15) is 38.6 Å². The Kier molecular flexibility index (Phi) is 8.40. The second-order valence-corrected chi connectivity index (χ2v) is 12.2. The van der Waals surface area contributed by atoms with E-state index in [-0.39, 0.29) is 13.0 Å². The largest absolute Gasteiger partial charge is 0.439 e. The van der Waals surface area contributed by atoms with E-state index >= 15 is 0 Å². The molecule has 1 unspecified atom stereocenters. The molecule has 0 saturated carbocycles. The van der Waals surface area contributed by atoms with Crippen molar-refractivity contribution in [2.75, 3.05) is 11.4 Å². The fourth-order valence-corrected chi connectivity index (χ4v) is 5.73. The number of anilines is 1. The van der Waals surface area contributed by atoms with Crippen LogP contribution in [0, 0.1) is 0 Å². The first-order chi connectivity index (χ1) is 20.4. The highest BCUT2D eigenvalue weighted by Gasteiger charge is 2.33. The van der Waals surface area contributed by atoms with Crippen LogP contribution in [0.4, 0.5) is 18.9 Å². The molecule has 0 aliphatic carbocycles. The van der Waals surface area contributed by atoms with Gasteiger partial charge < -0.3 is 9.64 Å². The fraction of sp³-hybridized carbons (Fsp3) is 0.281. The van der Waals surface area contributed by atoms with Crippen LogP contribution in [0.15, 0.2) is 84.8 Å². The Balaban J connectivity index is 1.53. The first kappa shape index (κ1) is 30.4. The number of hydrogen-bond acceptors (Lipinski definition) is 4. The lowest BCUT2D eigenvalue weighted by Gasteiger charge is -2.15. The van der Waals surface area contributed by atoms with Crippen molar-refractivity contribution in [3.8, 4) is 16.9 Å². The Hall–Kier alpha value is -4.09. The van der Waals surface area contributed by atoms with Gasteiger partial charge in [-0.15, -0.1) is 0 Å². The molecule has 1 aliphatic rings. The summed E-state index contributed by atoms with van der Waals surface area (Å²) in [5, 5.41) is -1.09. The van der Waals surface area contributed by atoms with Gasteiger partial charge in [-0.25, -0.2) is 9.13 Å². The molecule has 1 aromatic heterocycles. The third-order valence-corrected chi connectivity index (χ3v) is 8.91. The van der Waals surface area contributed by atoms with Crippen LogP contribution in [0.3, 0.4) is 0 Å². The van der Waals surface area contributed by atoms with Crippen LogP contribution in [0.2, 0.25) is 0 Å². The van der Waals surface area contributed by atoms with Crippen molar-refractivity contribution in [2.45, 2.75) is 51.7 Å². The third kappa shape index (κ3) is 6.18. The number of aryl methyl sites for hydroxylation is 2. The molecule has 0 bridgehead atoms. The summed E-state index contributed by atoms with van der Waals surface area (Å²) in [5.74, 6) is 1.91. The van der Waals surface area contributed by atoms with E-state index in [0.29, 0.717) is 35.8 Å². The van der Waals surface area contributed by atoms with Crippen LogP contribution in [-0.4, -0.2) is 29.3 Å². The van der Waals surface area contributed by atoms with Crippen molar-refractivity contribution >= 4 is 32.9 Å². The number of allylic oxidation sites excluding steroid dienone is 2. The molecule has 4 aromatic rings. The van der Waals surface area contributed by atoms with E-state index in [2.05, 4.69) is 6.07 Å². The molecule has 0 radical (unpaired) electrons. The molecular formula is C32H33F3N3O4S+. The maximum atomic E-state index is 13.6. The molecule has 1 atom stereocenters. The van der Waals surface area contributed by atoms with Crippen molar-refractivity contribution < 1.29 is 35.4 Å². The Morgan fingerprint density at radius 3 is 2.42 bits per heavy atom. The smallest absolute Gasteiger partial charge is 0.416 e. The molecule has 11 heteroatoms. The second-order valence-electron chi connectivity index (χ2n) is 10.3. The van der Waals surface area contributed by atoms with Crippen LogP contribution >= 0.6 is 0 Å². The number of halogens is 3. The van der Waals surface area contributed by atoms with Gasteiger partial charge in [0.15, 0.2) is 16.8 Å². The van der Waals surface area contributed by atoms with E-state index in [0.717, 1.165) is 34.7 Å². The Labute approximate surface area is 248 Å². The summed E-state index contributed by atoms with van der Waals surface area (Å²) in [6.45, 7) is 6.46. The number of imidazole rings is 1. The van der Waals surface area contributed by atoms with Crippen LogP contribution < -0.4 is 14.2 Å². The predicted molar refractivity (Wildman–Crippen MR) is 161 cm³/mol. The molecule has 0 spiro atoms. The minimum Gasteiger partial charge on any atom is -0.439 e. The van der Waals surface area contributed by atoms with Gasteiger partial charge in [-0.2, -0.15) is 21.6 Å². The van der Waals surface area contributed by atoms with Crippen molar-refractivity contribution in [3.63, 3.8) is 0 Å². The summed E-state index contributed by atoms with van der Waals surface area (Å²) >= 11 is 0. The number of hydrogen-bond donors (Lipinski definition) is 1. The van der Waals surface area contributed by atoms with Gasteiger partial charge in [-0.3, -0.25) is 4.55 Å². The SMILES string of the molecule is CCN1/C(=C/C=C/c2n(CCC(C)S(=O)(=O)O)c3cc(C(F)(F)F)ccc3[n+]2CC)Oc2ccc(-c3ccccc3)cc21. The molecular weight excluding hydrogens is 579 g/mol. The van der Waals surface area contributed by atoms with Gasteiger partial charge in [0.25, 0.3) is 15.9 Å². The molecule has 0 amide bonds. The molecule has 43 heavy (non-hydrogen) atoms. The number of nitrogens with zero attached hydrogens (tertiary/aromatic N) is 3. The average Bonchev–Trinajstić information content (AvgIpc) is 3.48. The number of fused-ring (bicyclic) bond motifs is 2. The van der Waals surface area contributed by atoms with Crippen LogP contribution in [0.5, 0.6) is 5.75 Å². The highest BCUT2D eigenvalue weighted by atomic mass is 32.2. The van der Waals surface area contributed by atoms with Gasteiger partial charge in [-0.05, 0) is 68.3 Å². The van der Waals surface area contributed by atoms with Gasteiger partial charge in [0.2, 0.25) is 5.88 Å². The van der Waals surface area contributed by atoms with Crippen LogP contribution in [-0.2, 0) is 29.4 Å². The minimum atomic E-state index is -4.54. The molecule has 1 aliphatic heterocycles. The summed E-state index contributed by atoms with van der Waals surface area (Å²) in [5.41, 5.74) is 3.18. The number of aromatic nitrogens is 2. The lowest BCUT2D eigenvalue weighted by molar-refractivity contribution is -0.670. The zero-order valence-electron chi connectivity index (χ0n) is 24.0. The zero-order valence-corrected chi connectivity index (χ0v) is 24.9. The maximum absolute atomic E-state index is 13.6. The van der Waals surface area contributed by atoms with E-state index in [1.165, 1.54) is 13.0 Å². The highest BCUT2D eigenvalue weighted by molar-refractivity contribution is 7.86. The van der Waals surface area contributed by atoms with Crippen LogP contribution in [0.25, 0.3) is 28.2 Å². The summed E-state index contributed by atoms with van der Waals surface area (Å²) in [7, 11) is -4.30. The molecule has 0 fully saturated rings. The monoisotopic (exact) mass is 612 g/mol. The predicted octanol–water partition coefficient (Wildman–Crippen LogP) is 7.07. The number of benzene rings is 3. The third-order valence-electron chi connectivity index (χ3n) is 7.66. The van der Waals surface area contributed by atoms with Crippen molar-refractivity contribution in [2.24, 2.45) is 0 Å². The van der Waals surface area contributed by atoms with Gasteiger partial charge in [0.1, 0.15) is 0 Å². The normalized spacial score (nSPS) is 15.4. The van der Waals surface area contributed by atoms with E-state index in [9.17, 15) is 26.1 Å². The summed E-state index contributed by atoms with van der Waals surface area (Å²) in [6.07, 6.45) is 0.820. The number of ether oxygens (including phenoxy) is 1. The molecule has 7 nitrogen and oxygen atoms in total. The lowest BCUT2D eigenvalue weighted by atomic mass is 10.0. The van der Waals surface area contributed by atoms with E-state index in [1.54, 1.807) is 22.8 Å². The van der Waals surface area contributed by atoms with E-state index < -0.39 is 27.1 Å². The summed E-state index contributed by atoms with van der Waals surface area (Å²) < 4.78 is 83.4. The summed E-state index contributed by atoms with van der Waals surface area (Å²) in [6, 6.07) is 19.6. The second kappa shape index (κ2) is 11.9. The Morgan fingerprint density at radius 1 is 1.02 bits per heavy atom. The highest BCUT2D eigenvalue weighted by Crippen LogP contribution is 2.41. The Morgan fingerprint density at radius 2 is 1.77 bits per heavy atom. The quantitative estimate of drug-likeness (QED) is 0.162. The van der Waals surface area contributed by atoms with Crippen molar-refractivity contribution in [1.82, 2.24) is 4.57 Å². The van der Waals surface area contributed by atoms with E-state index in [4.69, 9.17) is 4.74 Å². The van der Waals surface area contributed by atoms with Gasteiger partial charge in [0.05, 0.1) is 29.6 Å². The topological polar surface area (TPSA) is 75.7 Å². The summed E-state index contributed by atoms with van der Waals surface area (Å²) in [4.78, 5) is 2.04. The molecule has 5 rings (SSSR count). The number of alkyl halides is 3. The fourth-order valence-electron chi connectivity index (χ4n) is 5.32. The van der Waals surface area contributed by atoms with Gasteiger partial charge >= 0.3 is 6.18 Å². The first-order valence-corrected chi connectivity index (χ1v) is 15.6. The molecule has 1 N–H and O–H groups in total. The lowest BCUT2D eigenvalue weighted by Crippen LogP contribution is -2.35. The molecule has 2 heterocycles. The molecule has 0 saturated heterocycles. The van der Waals surface area contributed by atoms with Gasteiger partial charge in [-0.1, -0.05) is 36.4 Å². The Bertz CT molecular complexity index is 1810. The molecule has 226 valence electrons. The first-order valence-electron chi connectivity index (χ1n) is 14.0. The molecule has 3 aromatic carbocycles. The van der Waals surface area contributed by atoms with Crippen molar-refractivity contribution in [3.05, 3.63) is 96.2 Å². The van der Waals surface area contributed by atoms with E-state index in [1.807, 2.05) is 65.8 Å².